The van der Waals surface area contributed by atoms with Gasteiger partial charge in [0.05, 0.1) is 13.2 Å². The molecule has 0 aliphatic carbocycles. The van der Waals surface area contributed by atoms with E-state index in [0.717, 1.165) is 30.5 Å². The summed E-state index contributed by atoms with van der Waals surface area (Å²) in [4.78, 5) is 0. The first-order valence-corrected chi connectivity index (χ1v) is 12.6. The quantitative estimate of drug-likeness (QED) is 0.230. The van der Waals surface area contributed by atoms with E-state index in [0.29, 0.717) is 33.2 Å². The van der Waals surface area contributed by atoms with Crippen molar-refractivity contribution in [3.8, 4) is 0 Å². The van der Waals surface area contributed by atoms with Crippen molar-refractivity contribution in [1.29, 1.82) is 0 Å². The van der Waals surface area contributed by atoms with Crippen molar-refractivity contribution >= 4 is 46.4 Å². The summed E-state index contributed by atoms with van der Waals surface area (Å²) in [5, 5.41) is 2.33. The van der Waals surface area contributed by atoms with E-state index < -0.39 is 0 Å². The lowest BCUT2D eigenvalue weighted by molar-refractivity contribution is -0.704. The van der Waals surface area contributed by atoms with Gasteiger partial charge in [0.15, 0.2) is 0 Å². The monoisotopic (exact) mass is 612 g/mol. The highest BCUT2D eigenvalue weighted by atomic mass is 79.9. The summed E-state index contributed by atoms with van der Waals surface area (Å²) in [5.74, 6) is 0. The number of aromatic nitrogens is 2. The molecule has 4 rings (SSSR count). The molecule has 4 aromatic rings. The number of aryl methyl sites for hydroxylation is 2. The van der Waals surface area contributed by atoms with Crippen LogP contribution in [-0.2, 0) is 30.9 Å². The maximum atomic E-state index is 6.53. The van der Waals surface area contributed by atoms with Crippen LogP contribution in [0.25, 0.3) is 0 Å². The number of nitrogens with zero attached hydrogens (tertiary/aromatic N) is 2. The second-order valence-corrected chi connectivity index (χ2v) is 9.83. The molecule has 1 unspecified atom stereocenters. The molecule has 0 saturated carbocycles. The Kier molecular flexibility index (Phi) is 11.0. The zero-order valence-electron chi connectivity index (χ0n) is 18.9. The van der Waals surface area contributed by atoms with E-state index in [1.165, 1.54) is 5.56 Å². The van der Waals surface area contributed by atoms with Crippen LogP contribution in [0.15, 0.2) is 85.5 Å². The van der Waals surface area contributed by atoms with Crippen LogP contribution in [-0.4, -0.2) is 4.57 Å². The van der Waals surface area contributed by atoms with Crippen LogP contribution in [0.1, 0.15) is 29.2 Å². The molecule has 3 nitrogen and oxygen atoms in total. The van der Waals surface area contributed by atoms with Crippen molar-refractivity contribution in [3.05, 3.63) is 122 Å². The minimum Gasteiger partial charge on any atom is -1.00 e. The minimum atomic E-state index is -0.290. The van der Waals surface area contributed by atoms with Crippen LogP contribution in [0.4, 0.5) is 0 Å². The molecular weight excluding hydrogens is 590 g/mol. The zero-order chi connectivity index (χ0) is 23.9. The minimum absolute atomic E-state index is 0. The van der Waals surface area contributed by atoms with Gasteiger partial charge in [0, 0.05) is 25.7 Å². The Balaban J connectivity index is 0.00000342. The lowest BCUT2D eigenvalue weighted by Gasteiger charge is -2.19. The molecule has 0 radical (unpaired) electrons. The van der Waals surface area contributed by atoms with E-state index in [-0.39, 0.29) is 23.1 Å². The Hall–Kier alpha value is -1.53. The Morgan fingerprint density at radius 2 is 1.57 bits per heavy atom. The molecule has 0 N–H and O–H groups in total. The fourth-order valence-electron chi connectivity index (χ4n) is 3.81. The molecule has 0 amide bonds. The Bertz CT molecular complexity index is 1230. The topological polar surface area (TPSA) is 18.0 Å². The highest BCUT2D eigenvalue weighted by Crippen LogP contribution is 2.30. The Morgan fingerprint density at radius 1 is 0.857 bits per heavy atom. The highest BCUT2D eigenvalue weighted by molar-refractivity contribution is 6.35. The molecule has 1 atom stereocenters. The lowest BCUT2D eigenvalue weighted by atomic mass is 10.1. The van der Waals surface area contributed by atoms with Gasteiger partial charge in [-0.1, -0.05) is 88.9 Å². The molecule has 0 spiro atoms. The molecule has 8 heteroatoms. The van der Waals surface area contributed by atoms with Crippen LogP contribution >= 0.6 is 46.4 Å². The molecule has 1 aromatic heterocycles. The average Bonchev–Trinajstić information content (AvgIpc) is 3.26. The summed E-state index contributed by atoms with van der Waals surface area (Å²) < 4.78 is 10.6. The second kappa shape index (κ2) is 13.7. The number of rotatable bonds is 10. The largest absolute Gasteiger partial charge is 1.00 e. The van der Waals surface area contributed by atoms with E-state index >= 15 is 0 Å². The van der Waals surface area contributed by atoms with Crippen molar-refractivity contribution < 1.29 is 26.3 Å². The number of hydrogen-bond donors (Lipinski definition) is 0. The summed E-state index contributed by atoms with van der Waals surface area (Å²) in [7, 11) is 0. The maximum Gasteiger partial charge on any atom is 0.243 e. The van der Waals surface area contributed by atoms with Gasteiger partial charge >= 0.3 is 0 Å². The number of imidazole rings is 1. The fraction of sp³-hybridized carbons (Fsp3) is 0.222. The van der Waals surface area contributed by atoms with Crippen molar-refractivity contribution in [2.75, 3.05) is 0 Å². The predicted octanol–water partition coefficient (Wildman–Crippen LogP) is 4.98. The second-order valence-electron chi connectivity index (χ2n) is 8.14. The van der Waals surface area contributed by atoms with Crippen LogP contribution in [0.2, 0.25) is 20.1 Å². The maximum absolute atomic E-state index is 6.53. The molecular formula is C27H25BrCl4N2O. The molecule has 0 aliphatic rings. The van der Waals surface area contributed by atoms with Crippen molar-refractivity contribution in [2.45, 2.75) is 38.6 Å². The number of benzene rings is 3. The highest BCUT2D eigenvalue weighted by Gasteiger charge is 2.20. The van der Waals surface area contributed by atoms with E-state index in [4.69, 9.17) is 51.1 Å². The third-order valence-corrected chi connectivity index (χ3v) is 6.76. The number of ether oxygens (including phenoxy) is 1. The van der Waals surface area contributed by atoms with Crippen LogP contribution < -0.4 is 21.5 Å². The van der Waals surface area contributed by atoms with Gasteiger partial charge in [0.2, 0.25) is 6.33 Å². The van der Waals surface area contributed by atoms with Crippen LogP contribution in [0.3, 0.4) is 0 Å². The first kappa shape index (κ1) is 28.0. The van der Waals surface area contributed by atoms with Gasteiger partial charge in [-0.15, -0.1) is 0 Å². The van der Waals surface area contributed by atoms with E-state index in [9.17, 15) is 0 Å². The molecule has 1 heterocycles. The van der Waals surface area contributed by atoms with Gasteiger partial charge in [0.1, 0.15) is 25.0 Å². The van der Waals surface area contributed by atoms with E-state index in [1.807, 2.05) is 24.3 Å². The van der Waals surface area contributed by atoms with E-state index in [1.54, 1.807) is 18.2 Å². The summed E-state index contributed by atoms with van der Waals surface area (Å²) in [5.41, 5.74) is 3.10. The van der Waals surface area contributed by atoms with Gasteiger partial charge in [0.25, 0.3) is 0 Å². The normalized spacial score (nSPS) is 11.8. The van der Waals surface area contributed by atoms with Gasteiger partial charge in [-0.05, 0) is 48.2 Å². The smallest absolute Gasteiger partial charge is 0.243 e. The van der Waals surface area contributed by atoms with Crippen molar-refractivity contribution in [2.24, 2.45) is 0 Å². The first-order chi connectivity index (χ1) is 16.5. The predicted molar refractivity (Wildman–Crippen MR) is 140 cm³/mol. The van der Waals surface area contributed by atoms with Crippen molar-refractivity contribution in [1.82, 2.24) is 4.57 Å². The molecule has 0 saturated heterocycles. The molecule has 184 valence electrons. The molecule has 0 fully saturated rings. The number of halogens is 5. The van der Waals surface area contributed by atoms with Gasteiger partial charge in [-0.3, -0.25) is 0 Å². The molecule has 3 aromatic carbocycles. The third kappa shape index (κ3) is 8.24. The SMILES string of the molecule is Clc1ccc(COC(C[n+]2ccn(CCCc3ccccc3)c2)c2ccc(Cl)cc2Cl)c(Cl)c1.[Br-]. The van der Waals surface area contributed by atoms with Gasteiger partial charge < -0.3 is 21.7 Å². The molecule has 0 bridgehead atoms. The molecule has 0 aliphatic heterocycles. The third-order valence-electron chi connectivity index (χ3n) is 5.61. The molecule has 35 heavy (non-hydrogen) atoms. The summed E-state index contributed by atoms with van der Waals surface area (Å²) in [6.45, 7) is 1.87. The summed E-state index contributed by atoms with van der Waals surface area (Å²) in [6, 6.07) is 21.4. The summed E-state index contributed by atoms with van der Waals surface area (Å²) >= 11 is 25.0. The number of hydrogen-bond acceptors (Lipinski definition) is 1. The zero-order valence-corrected chi connectivity index (χ0v) is 23.5. The van der Waals surface area contributed by atoms with Gasteiger partial charge in [-0.25, -0.2) is 9.13 Å². The van der Waals surface area contributed by atoms with Gasteiger partial charge in [-0.2, -0.15) is 0 Å². The van der Waals surface area contributed by atoms with Crippen LogP contribution in [0.5, 0.6) is 0 Å². The van der Waals surface area contributed by atoms with Crippen LogP contribution in [0, 0.1) is 0 Å². The van der Waals surface area contributed by atoms with Crippen molar-refractivity contribution in [3.63, 3.8) is 0 Å². The summed E-state index contributed by atoms with van der Waals surface area (Å²) in [6.07, 6.45) is 8.06. The lowest BCUT2D eigenvalue weighted by Crippen LogP contribution is -3.00. The fourth-order valence-corrected chi connectivity index (χ4v) is 4.81. The Labute approximate surface area is 236 Å². The van der Waals surface area contributed by atoms with E-state index in [2.05, 4.69) is 52.1 Å². The average molecular weight is 615 g/mol. The first-order valence-electron chi connectivity index (χ1n) is 11.1. The standard InChI is InChI=1S/C27H25Cl4N2O.BrH/c28-22-9-8-21(25(30)15-22)18-34-27(24-11-10-23(29)16-26(24)31)17-33-14-13-32(19-33)12-4-7-20-5-2-1-3-6-20;/h1-3,5-6,8-11,13-16,19,27H,4,7,12,17-18H2;1H/q+1;/p-1. The Morgan fingerprint density at radius 3 is 2.29 bits per heavy atom.